The van der Waals surface area contributed by atoms with E-state index in [1.54, 1.807) is 4.57 Å². The lowest BCUT2D eigenvalue weighted by atomic mass is 10.1. The van der Waals surface area contributed by atoms with Gasteiger partial charge in [-0.25, -0.2) is 4.79 Å². The molecule has 0 fully saturated rings. The smallest absolute Gasteiger partial charge is 0.328 e. The van der Waals surface area contributed by atoms with Crippen LogP contribution < -0.4 is 11.4 Å². The molecule has 0 unspecified atom stereocenters. The Bertz CT molecular complexity index is 393. The number of hydrogen-bond acceptors (Lipinski definition) is 3. The third-order valence-corrected chi connectivity index (χ3v) is 2.34. The fourth-order valence-electron chi connectivity index (χ4n) is 1.58. The van der Waals surface area contributed by atoms with Crippen LogP contribution in [0.25, 0.3) is 0 Å². The molecule has 0 aliphatic heterocycles. The summed E-state index contributed by atoms with van der Waals surface area (Å²) in [6.07, 6.45) is 0. The number of nitrogens with zero attached hydrogens (tertiary/aromatic N) is 2. The lowest BCUT2D eigenvalue weighted by Gasteiger charge is -2.27. The Balaban J connectivity index is 3.43. The fraction of sp³-hybridized carbons (Fsp3) is 0.600. The molecular formula is C10H17N3O. The minimum Gasteiger partial charge on any atom is -0.328 e. The highest BCUT2D eigenvalue weighted by Crippen LogP contribution is 2.12. The van der Waals surface area contributed by atoms with Crippen LogP contribution in [0.3, 0.4) is 0 Å². The van der Waals surface area contributed by atoms with Crippen LogP contribution >= 0.6 is 0 Å². The molecule has 14 heavy (non-hydrogen) atoms. The Morgan fingerprint density at radius 1 is 1.50 bits per heavy atom. The van der Waals surface area contributed by atoms with Gasteiger partial charge in [-0.2, -0.15) is 4.98 Å². The standard InChI is InChI=1S/C10H17N3O/c1-7-5-8(2)13(9(14)12-7)10(3,4)6-11/h5H,6,11H2,1-4H3. The van der Waals surface area contributed by atoms with Gasteiger partial charge in [0.05, 0.1) is 5.54 Å². The quantitative estimate of drug-likeness (QED) is 0.749. The maximum atomic E-state index is 11.7. The van der Waals surface area contributed by atoms with Gasteiger partial charge in [0.25, 0.3) is 0 Å². The Labute approximate surface area is 83.8 Å². The highest BCUT2D eigenvalue weighted by atomic mass is 16.1. The molecular weight excluding hydrogens is 178 g/mol. The summed E-state index contributed by atoms with van der Waals surface area (Å²) in [6.45, 7) is 7.98. The monoisotopic (exact) mass is 195 g/mol. The predicted octanol–water partition coefficient (Wildman–Crippen LogP) is 0.554. The summed E-state index contributed by atoms with van der Waals surface area (Å²) in [5.41, 5.74) is 6.68. The van der Waals surface area contributed by atoms with Crippen molar-refractivity contribution < 1.29 is 0 Å². The summed E-state index contributed by atoms with van der Waals surface area (Å²) < 4.78 is 1.64. The van der Waals surface area contributed by atoms with Gasteiger partial charge in [0, 0.05) is 17.9 Å². The van der Waals surface area contributed by atoms with E-state index in [0.717, 1.165) is 11.4 Å². The Kier molecular flexibility index (Phi) is 2.76. The van der Waals surface area contributed by atoms with Crippen molar-refractivity contribution in [3.05, 3.63) is 27.9 Å². The molecule has 1 aromatic rings. The molecule has 0 bridgehead atoms. The summed E-state index contributed by atoms with van der Waals surface area (Å²) in [4.78, 5) is 15.6. The second-order valence-electron chi connectivity index (χ2n) is 4.17. The molecule has 0 aromatic carbocycles. The summed E-state index contributed by atoms with van der Waals surface area (Å²) in [6, 6.07) is 1.89. The molecule has 0 aliphatic rings. The molecule has 1 heterocycles. The largest absolute Gasteiger partial charge is 0.348 e. The number of aryl methyl sites for hydroxylation is 2. The summed E-state index contributed by atoms with van der Waals surface area (Å²) in [5.74, 6) is 0. The van der Waals surface area contributed by atoms with E-state index in [-0.39, 0.29) is 11.2 Å². The maximum Gasteiger partial charge on any atom is 0.348 e. The molecule has 1 aromatic heterocycles. The Hall–Kier alpha value is -1.16. The molecule has 4 heteroatoms. The number of aromatic nitrogens is 2. The normalized spacial score (nSPS) is 11.8. The van der Waals surface area contributed by atoms with Gasteiger partial charge in [0.1, 0.15) is 0 Å². The van der Waals surface area contributed by atoms with E-state index in [2.05, 4.69) is 4.98 Å². The topological polar surface area (TPSA) is 60.9 Å². The zero-order valence-corrected chi connectivity index (χ0v) is 9.16. The van der Waals surface area contributed by atoms with Gasteiger partial charge in [-0.3, -0.25) is 4.57 Å². The van der Waals surface area contributed by atoms with E-state index in [1.165, 1.54) is 0 Å². The van der Waals surface area contributed by atoms with Crippen LogP contribution in [-0.2, 0) is 5.54 Å². The van der Waals surface area contributed by atoms with Crippen molar-refractivity contribution in [1.29, 1.82) is 0 Å². The molecule has 1 rings (SSSR count). The van der Waals surface area contributed by atoms with E-state index in [9.17, 15) is 4.79 Å². The van der Waals surface area contributed by atoms with Crippen molar-refractivity contribution in [2.45, 2.75) is 33.2 Å². The van der Waals surface area contributed by atoms with Crippen molar-refractivity contribution in [3.8, 4) is 0 Å². The van der Waals surface area contributed by atoms with Gasteiger partial charge in [-0.15, -0.1) is 0 Å². The average molecular weight is 195 g/mol. The van der Waals surface area contributed by atoms with E-state index in [4.69, 9.17) is 5.73 Å². The molecule has 0 radical (unpaired) electrons. The van der Waals surface area contributed by atoms with E-state index >= 15 is 0 Å². The van der Waals surface area contributed by atoms with Crippen LogP contribution in [0.15, 0.2) is 10.9 Å². The first kappa shape index (κ1) is 10.9. The van der Waals surface area contributed by atoms with E-state index in [1.807, 2.05) is 33.8 Å². The second-order valence-corrected chi connectivity index (χ2v) is 4.17. The van der Waals surface area contributed by atoms with Crippen LogP contribution in [0, 0.1) is 13.8 Å². The minimum absolute atomic E-state index is 0.224. The van der Waals surface area contributed by atoms with Crippen LogP contribution in [0.5, 0.6) is 0 Å². The Morgan fingerprint density at radius 2 is 2.07 bits per heavy atom. The van der Waals surface area contributed by atoms with Gasteiger partial charge < -0.3 is 5.73 Å². The molecule has 0 amide bonds. The highest BCUT2D eigenvalue weighted by molar-refractivity contribution is 5.09. The molecule has 0 saturated heterocycles. The van der Waals surface area contributed by atoms with Gasteiger partial charge in [0.2, 0.25) is 0 Å². The van der Waals surface area contributed by atoms with Gasteiger partial charge in [-0.1, -0.05) is 0 Å². The summed E-state index contributed by atoms with van der Waals surface area (Å²) >= 11 is 0. The van der Waals surface area contributed by atoms with Gasteiger partial charge in [-0.05, 0) is 33.8 Å². The van der Waals surface area contributed by atoms with Crippen molar-refractivity contribution >= 4 is 0 Å². The van der Waals surface area contributed by atoms with Crippen LogP contribution in [0.2, 0.25) is 0 Å². The molecule has 2 N–H and O–H groups in total. The minimum atomic E-state index is -0.373. The molecule has 78 valence electrons. The molecule has 4 nitrogen and oxygen atoms in total. The highest BCUT2D eigenvalue weighted by Gasteiger charge is 2.21. The molecule has 0 spiro atoms. The zero-order chi connectivity index (χ0) is 10.9. The number of hydrogen-bond donors (Lipinski definition) is 1. The van der Waals surface area contributed by atoms with Crippen molar-refractivity contribution in [3.63, 3.8) is 0 Å². The SMILES string of the molecule is Cc1cc(C)n(C(C)(C)CN)c(=O)n1. The number of nitrogens with two attached hydrogens (primary N) is 1. The maximum absolute atomic E-state index is 11.7. The fourth-order valence-corrected chi connectivity index (χ4v) is 1.58. The van der Waals surface area contributed by atoms with Crippen molar-refractivity contribution in [2.24, 2.45) is 5.73 Å². The molecule has 0 atom stereocenters. The number of rotatable bonds is 2. The van der Waals surface area contributed by atoms with Crippen LogP contribution in [0.1, 0.15) is 25.2 Å². The first-order chi connectivity index (χ1) is 6.38. The molecule has 0 saturated carbocycles. The Morgan fingerprint density at radius 3 is 2.50 bits per heavy atom. The van der Waals surface area contributed by atoms with Gasteiger partial charge >= 0.3 is 5.69 Å². The lowest BCUT2D eigenvalue weighted by Crippen LogP contribution is -2.44. The second kappa shape index (κ2) is 3.53. The lowest BCUT2D eigenvalue weighted by molar-refractivity contribution is 0.342. The van der Waals surface area contributed by atoms with Crippen LogP contribution in [-0.4, -0.2) is 16.1 Å². The summed E-state index contributed by atoms with van der Waals surface area (Å²) in [5, 5.41) is 0. The third kappa shape index (κ3) is 1.85. The summed E-state index contributed by atoms with van der Waals surface area (Å²) in [7, 11) is 0. The average Bonchev–Trinajstić information content (AvgIpc) is 2.01. The van der Waals surface area contributed by atoms with Crippen LogP contribution in [0.4, 0.5) is 0 Å². The van der Waals surface area contributed by atoms with E-state index < -0.39 is 0 Å². The zero-order valence-electron chi connectivity index (χ0n) is 9.16. The molecule has 0 aliphatic carbocycles. The van der Waals surface area contributed by atoms with Gasteiger partial charge in [0.15, 0.2) is 0 Å². The first-order valence-corrected chi connectivity index (χ1v) is 4.66. The van der Waals surface area contributed by atoms with E-state index in [0.29, 0.717) is 6.54 Å². The van der Waals surface area contributed by atoms with Crippen molar-refractivity contribution in [1.82, 2.24) is 9.55 Å². The van der Waals surface area contributed by atoms with Crippen molar-refractivity contribution in [2.75, 3.05) is 6.54 Å². The third-order valence-electron chi connectivity index (χ3n) is 2.34. The predicted molar refractivity (Wildman–Crippen MR) is 56.3 cm³/mol. The first-order valence-electron chi connectivity index (χ1n) is 4.66.